The molecule has 1 aromatic carbocycles. The summed E-state index contributed by atoms with van der Waals surface area (Å²) >= 11 is 0. The summed E-state index contributed by atoms with van der Waals surface area (Å²) in [4.78, 5) is 12.3. The predicted molar refractivity (Wildman–Crippen MR) is 75.2 cm³/mol. The van der Waals surface area contributed by atoms with Crippen molar-refractivity contribution >= 4 is 5.91 Å². The third-order valence-electron chi connectivity index (χ3n) is 3.98. The van der Waals surface area contributed by atoms with E-state index in [1.807, 2.05) is 6.92 Å². The van der Waals surface area contributed by atoms with Crippen molar-refractivity contribution in [2.75, 3.05) is 6.54 Å². The third kappa shape index (κ3) is 3.07. The summed E-state index contributed by atoms with van der Waals surface area (Å²) in [5, 5.41) is 12.8. The minimum absolute atomic E-state index is 0.0195. The molecular formula is C15H22N2O2. The van der Waals surface area contributed by atoms with E-state index in [4.69, 9.17) is 5.73 Å². The number of nitrogens with two attached hydrogens (primary N) is 1. The minimum Gasteiger partial charge on any atom is -0.507 e. The summed E-state index contributed by atoms with van der Waals surface area (Å²) in [5.41, 5.74) is 6.84. The average Bonchev–Trinajstić information content (AvgIpc) is 2.42. The summed E-state index contributed by atoms with van der Waals surface area (Å²) in [6.45, 7) is 2.35. The number of phenolic OH excluding ortho intramolecular Hbond substituents is 1. The lowest BCUT2D eigenvalue weighted by Crippen LogP contribution is -2.54. The predicted octanol–water partition coefficient (Wildman–Crippen LogP) is 2.09. The van der Waals surface area contributed by atoms with E-state index >= 15 is 0 Å². The molecule has 104 valence electrons. The molecule has 1 fully saturated rings. The molecule has 0 heterocycles. The zero-order valence-electron chi connectivity index (χ0n) is 11.4. The summed E-state index contributed by atoms with van der Waals surface area (Å²) in [6.07, 6.45) is 5.23. The molecule has 19 heavy (non-hydrogen) atoms. The molecule has 1 aromatic rings. The number of rotatable bonds is 3. The van der Waals surface area contributed by atoms with Gasteiger partial charge in [0.25, 0.3) is 5.91 Å². The van der Waals surface area contributed by atoms with Crippen LogP contribution in [-0.2, 0) is 0 Å². The van der Waals surface area contributed by atoms with E-state index in [-0.39, 0.29) is 17.2 Å². The monoisotopic (exact) mass is 262 g/mol. The van der Waals surface area contributed by atoms with Gasteiger partial charge in [-0.05, 0) is 31.9 Å². The first-order chi connectivity index (χ1) is 9.06. The maximum Gasteiger partial charge on any atom is 0.255 e. The molecule has 4 heteroatoms. The van der Waals surface area contributed by atoms with Gasteiger partial charge < -0.3 is 16.2 Å². The molecule has 1 amide bonds. The van der Waals surface area contributed by atoms with Crippen LogP contribution >= 0.6 is 0 Å². The van der Waals surface area contributed by atoms with Crippen LogP contribution in [0.5, 0.6) is 5.75 Å². The van der Waals surface area contributed by atoms with Gasteiger partial charge in [0.15, 0.2) is 0 Å². The Balaban J connectivity index is 2.17. The summed E-state index contributed by atoms with van der Waals surface area (Å²) in [5.74, 6) is -0.209. The van der Waals surface area contributed by atoms with Crippen molar-refractivity contribution in [1.29, 1.82) is 0 Å². The number of carbonyl (C=O) groups is 1. The van der Waals surface area contributed by atoms with E-state index in [0.717, 1.165) is 31.2 Å². The normalized spacial score (nSPS) is 18.0. The third-order valence-corrected chi connectivity index (χ3v) is 3.98. The molecule has 0 aliphatic heterocycles. The molecule has 0 spiro atoms. The van der Waals surface area contributed by atoms with Crippen LogP contribution in [0.2, 0.25) is 0 Å². The molecule has 0 aromatic heterocycles. The van der Waals surface area contributed by atoms with Gasteiger partial charge in [-0.2, -0.15) is 0 Å². The highest BCUT2D eigenvalue weighted by molar-refractivity contribution is 5.97. The zero-order valence-corrected chi connectivity index (χ0v) is 11.4. The topological polar surface area (TPSA) is 75.3 Å². The Labute approximate surface area is 114 Å². The van der Waals surface area contributed by atoms with Crippen molar-refractivity contribution in [1.82, 2.24) is 5.32 Å². The van der Waals surface area contributed by atoms with Crippen molar-refractivity contribution in [3.63, 3.8) is 0 Å². The Morgan fingerprint density at radius 2 is 2.05 bits per heavy atom. The highest BCUT2D eigenvalue weighted by Gasteiger charge is 2.32. The van der Waals surface area contributed by atoms with E-state index in [9.17, 15) is 9.90 Å². The quantitative estimate of drug-likeness (QED) is 0.780. The van der Waals surface area contributed by atoms with Crippen LogP contribution in [-0.4, -0.2) is 23.1 Å². The molecule has 1 aliphatic rings. The zero-order chi connectivity index (χ0) is 13.9. The second-order valence-electron chi connectivity index (χ2n) is 5.52. The highest BCUT2D eigenvalue weighted by Crippen LogP contribution is 2.28. The second kappa shape index (κ2) is 5.61. The average molecular weight is 262 g/mol. The van der Waals surface area contributed by atoms with Gasteiger partial charge in [-0.3, -0.25) is 4.79 Å². The Kier molecular flexibility index (Phi) is 4.10. The van der Waals surface area contributed by atoms with Crippen molar-refractivity contribution < 1.29 is 9.90 Å². The summed E-state index contributed by atoms with van der Waals surface area (Å²) in [6, 6.07) is 5.05. The largest absolute Gasteiger partial charge is 0.507 e. The van der Waals surface area contributed by atoms with Crippen LogP contribution in [0.1, 0.15) is 48.0 Å². The van der Waals surface area contributed by atoms with Gasteiger partial charge in [0, 0.05) is 6.54 Å². The Hall–Kier alpha value is -1.55. The molecule has 0 atom stereocenters. The number of benzene rings is 1. The van der Waals surface area contributed by atoms with Gasteiger partial charge in [-0.25, -0.2) is 0 Å². The van der Waals surface area contributed by atoms with E-state index in [2.05, 4.69) is 5.32 Å². The second-order valence-corrected chi connectivity index (χ2v) is 5.52. The minimum atomic E-state index is -0.300. The van der Waals surface area contributed by atoms with Gasteiger partial charge in [-0.15, -0.1) is 0 Å². The number of phenols is 1. The fourth-order valence-corrected chi connectivity index (χ4v) is 2.75. The van der Waals surface area contributed by atoms with Crippen LogP contribution in [0.3, 0.4) is 0 Å². The van der Waals surface area contributed by atoms with E-state index in [1.54, 1.807) is 18.2 Å². The van der Waals surface area contributed by atoms with E-state index in [0.29, 0.717) is 12.1 Å². The first-order valence-corrected chi connectivity index (χ1v) is 6.88. The maximum absolute atomic E-state index is 12.3. The molecular weight excluding hydrogens is 240 g/mol. The highest BCUT2D eigenvalue weighted by atomic mass is 16.3. The summed E-state index contributed by atoms with van der Waals surface area (Å²) in [7, 11) is 0. The number of aromatic hydroxyl groups is 1. The molecule has 0 saturated heterocycles. The number of amides is 1. The Morgan fingerprint density at radius 3 is 2.68 bits per heavy atom. The lowest BCUT2D eigenvalue weighted by Gasteiger charge is -2.37. The first-order valence-electron chi connectivity index (χ1n) is 6.88. The number of hydrogen-bond donors (Lipinski definition) is 3. The lowest BCUT2D eigenvalue weighted by atomic mass is 9.81. The molecule has 4 N–H and O–H groups in total. The molecule has 1 aliphatic carbocycles. The summed E-state index contributed by atoms with van der Waals surface area (Å²) < 4.78 is 0. The van der Waals surface area contributed by atoms with E-state index in [1.165, 1.54) is 6.42 Å². The standard InChI is InChI=1S/C15H22N2O2/c1-11-5-6-13(18)12(9-11)14(19)17-15(10-16)7-3-2-4-8-15/h5-6,9,18H,2-4,7-8,10,16H2,1H3,(H,17,19). The van der Waals surface area contributed by atoms with Crippen molar-refractivity contribution in [2.45, 2.75) is 44.6 Å². The van der Waals surface area contributed by atoms with Gasteiger partial charge >= 0.3 is 0 Å². The van der Waals surface area contributed by atoms with E-state index < -0.39 is 0 Å². The SMILES string of the molecule is Cc1ccc(O)c(C(=O)NC2(CN)CCCCC2)c1. The van der Waals surface area contributed by atoms with Gasteiger partial charge in [0.1, 0.15) is 5.75 Å². The van der Waals surface area contributed by atoms with Crippen LogP contribution < -0.4 is 11.1 Å². The lowest BCUT2D eigenvalue weighted by molar-refractivity contribution is 0.0872. The van der Waals surface area contributed by atoms with Crippen LogP contribution in [0.25, 0.3) is 0 Å². The molecule has 2 rings (SSSR count). The van der Waals surface area contributed by atoms with Crippen molar-refractivity contribution in [3.8, 4) is 5.75 Å². The maximum atomic E-state index is 12.3. The molecule has 0 bridgehead atoms. The van der Waals surface area contributed by atoms with Gasteiger partial charge in [0.2, 0.25) is 0 Å². The number of hydrogen-bond acceptors (Lipinski definition) is 3. The fourth-order valence-electron chi connectivity index (χ4n) is 2.75. The molecule has 1 saturated carbocycles. The van der Waals surface area contributed by atoms with Crippen LogP contribution in [0.4, 0.5) is 0 Å². The van der Waals surface area contributed by atoms with Crippen molar-refractivity contribution in [3.05, 3.63) is 29.3 Å². The van der Waals surface area contributed by atoms with Crippen molar-refractivity contribution in [2.24, 2.45) is 5.73 Å². The van der Waals surface area contributed by atoms with Gasteiger partial charge in [-0.1, -0.05) is 30.9 Å². The Morgan fingerprint density at radius 1 is 1.37 bits per heavy atom. The Bertz CT molecular complexity index is 465. The number of carbonyl (C=O) groups excluding carboxylic acids is 1. The first kappa shape index (κ1) is 13.9. The van der Waals surface area contributed by atoms with Gasteiger partial charge in [0.05, 0.1) is 11.1 Å². The van der Waals surface area contributed by atoms with Crippen LogP contribution in [0, 0.1) is 6.92 Å². The number of aryl methyl sites for hydroxylation is 1. The smallest absolute Gasteiger partial charge is 0.255 e. The van der Waals surface area contributed by atoms with Crippen LogP contribution in [0.15, 0.2) is 18.2 Å². The molecule has 0 radical (unpaired) electrons. The molecule has 4 nitrogen and oxygen atoms in total. The fraction of sp³-hybridized carbons (Fsp3) is 0.533. The number of nitrogens with one attached hydrogen (secondary N) is 1. The molecule has 0 unspecified atom stereocenters.